The van der Waals surface area contributed by atoms with Crippen molar-refractivity contribution in [2.24, 2.45) is 0 Å². The summed E-state index contributed by atoms with van der Waals surface area (Å²) in [4.78, 5) is 0. The Morgan fingerprint density at radius 3 is 2.48 bits per heavy atom. The monoisotopic (exact) mass is 324 g/mol. The lowest BCUT2D eigenvalue weighted by Crippen LogP contribution is -2.03. The summed E-state index contributed by atoms with van der Waals surface area (Å²) in [5, 5.41) is 9.61. The Labute approximate surface area is 128 Å². The molecule has 2 rings (SSSR count). The van der Waals surface area contributed by atoms with Gasteiger partial charge < -0.3 is 0 Å². The Balaban J connectivity index is 2.30. The van der Waals surface area contributed by atoms with Crippen molar-refractivity contribution in [3.8, 4) is 11.8 Å². The molecule has 0 spiro atoms. The molecule has 1 heterocycles. The van der Waals surface area contributed by atoms with Crippen LogP contribution in [0.5, 0.6) is 0 Å². The van der Waals surface area contributed by atoms with E-state index in [4.69, 9.17) is 21.0 Å². The third kappa shape index (κ3) is 3.64. The number of halogens is 1. The number of aromatic nitrogens is 1. The zero-order valence-electron chi connectivity index (χ0n) is 11.5. The molecule has 1 aromatic heterocycles. The maximum absolute atomic E-state index is 10.9. The van der Waals surface area contributed by atoms with E-state index in [0.717, 1.165) is 17.5 Å². The predicted octanol–water partition coefficient (Wildman–Crippen LogP) is 2.79. The molecule has 1 aromatic carbocycles. The van der Waals surface area contributed by atoms with Crippen LogP contribution in [-0.4, -0.2) is 19.2 Å². The van der Waals surface area contributed by atoms with Gasteiger partial charge in [-0.1, -0.05) is 23.7 Å². The molecule has 21 heavy (non-hydrogen) atoms. The van der Waals surface area contributed by atoms with E-state index in [2.05, 4.69) is 6.07 Å². The molecular weight excluding hydrogens is 312 g/mol. The lowest BCUT2D eigenvalue weighted by molar-refractivity contribution is 0.311. The van der Waals surface area contributed by atoms with Crippen LogP contribution in [0, 0.1) is 18.3 Å². The largest absolute Gasteiger partial charge is 0.291 e. The van der Waals surface area contributed by atoms with Crippen LogP contribution in [0.15, 0.2) is 30.3 Å². The molecule has 0 N–H and O–H groups in total. The van der Waals surface area contributed by atoms with Gasteiger partial charge in [0.15, 0.2) is 0 Å². The molecule has 0 saturated heterocycles. The van der Waals surface area contributed by atoms with Crippen molar-refractivity contribution in [2.75, 3.05) is 6.26 Å². The highest BCUT2D eigenvalue weighted by Crippen LogP contribution is 2.25. The van der Waals surface area contributed by atoms with Crippen molar-refractivity contribution in [2.45, 2.75) is 13.5 Å². The summed E-state index contributed by atoms with van der Waals surface area (Å²) in [6, 6.07) is 10.8. The topological polar surface area (TPSA) is 72.1 Å². The maximum atomic E-state index is 10.9. The zero-order valence-corrected chi connectivity index (χ0v) is 13.1. The molecule has 0 saturated carbocycles. The second kappa shape index (κ2) is 5.90. The normalized spacial score (nSPS) is 11.3. The summed E-state index contributed by atoms with van der Waals surface area (Å²) in [6.07, 6.45) is 1.00. The third-order valence-corrected chi connectivity index (χ3v) is 3.88. The Kier molecular flexibility index (Phi) is 4.37. The summed E-state index contributed by atoms with van der Waals surface area (Å²) >= 11 is 6.20. The number of hydrogen-bond acceptors (Lipinski definition) is 4. The number of aryl methyl sites for hydroxylation is 1. The van der Waals surface area contributed by atoms with Crippen molar-refractivity contribution < 1.29 is 12.6 Å². The van der Waals surface area contributed by atoms with E-state index in [-0.39, 0.29) is 6.61 Å². The van der Waals surface area contributed by atoms with Gasteiger partial charge in [0, 0.05) is 5.69 Å². The molecule has 0 radical (unpaired) electrons. The third-order valence-electron chi connectivity index (χ3n) is 2.86. The molecule has 0 atom stereocenters. The minimum Gasteiger partial charge on any atom is -0.291 e. The summed E-state index contributed by atoms with van der Waals surface area (Å²) < 4.78 is 28.2. The molecule has 5 nitrogen and oxygen atoms in total. The van der Waals surface area contributed by atoms with Gasteiger partial charge in [0.25, 0.3) is 10.1 Å². The number of nitrogens with zero attached hydrogens (tertiary/aromatic N) is 2. The van der Waals surface area contributed by atoms with Crippen molar-refractivity contribution in [1.29, 1.82) is 5.26 Å². The van der Waals surface area contributed by atoms with Crippen LogP contribution in [0.4, 0.5) is 0 Å². The molecule has 0 bridgehead atoms. The summed E-state index contributed by atoms with van der Waals surface area (Å²) in [7, 11) is -3.47. The van der Waals surface area contributed by atoms with E-state index >= 15 is 0 Å². The SMILES string of the molecule is Cc1cc(C#N)n(-c2ccc(COS(C)(=O)=O)cc2)c1Cl. The second-order valence-corrected chi connectivity index (χ2v) is 6.59. The molecule has 0 aliphatic carbocycles. The first-order valence-corrected chi connectivity index (χ1v) is 8.23. The molecule has 0 aliphatic heterocycles. The Morgan fingerprint density at radius 1 is 1.33 bits per heavy atom. The standard InChI is InChI=1S/C14H13ClN2O3S/c1-10-7-13(8-16)17(14(10)15)12-5-3-11(4-6-12)9-20-21(2,18)19/h3-7H,9H2,1-2H3. The summed E-state index contributed by atoms with van der Waals surface area (Å²) in [6.45, 7) is 1.80. The van der Waals surface area contributed by atoms with Crippen LogP contribution in [0.1, 0.15) is 16.8 Å². The van der Waals surface area contributed by atoms with Gasteiger partial charge in [-0.05, 0) is 36.2 Å². The Hall–Kier alpha value is -1.81. The van der Waals surface area contributed by atoms with Gasteiger partial charge in [-0.2, -0.15) is 13.7 Å². The first-order chi connectivity index (χ1) is 9.81. The summed E-state index contributed by atoms with van der Waals surface area (Å²) in [5.74, 6) is 0. The van der Waals surface area contributed by atoms with Crippen molar-refractivity contribution in [3.63, 3.8) is 0 Å². The second-order valence-electron chi connectivity index (χ2n) is 4.58. The molecule has 7 heteroatoms. The Morgan fingerprint density at radius 2 is 1.95 bits per heavy atom. The van der Waals surface area contributed by atoms with Gasteiger partial charge in [0.05, 0.1) is 12.9 Å². The molecule has 0 unspecified atom stereocenters. The van der Waals surface area contributed by atoms with Gasteiger partial charge >= 0.3 is 0 Å². The average Bonchev–Trinajstić information content (AvgIpc) is 2.72. The number of benzene rings is 1. The van der Waals surface area contributed by atoms with Crippen molar-refractivity contribution in [3.05, 3.63) is 52.3 Å². The van der Waals surface area contributed by atoms with E-state index < -0.39 is 10.1 Å². The van der Waals surface area contributed by atoms with Crippen LogP contribution < -0.4 is 0 Å². The highest BCUT2D eigenvalue weighted by Gasteiger charge is 2.12. The first kappa shape index (κ1) is 15.6. The van der Waals surface area contributed by atoms with E-state index in [1.54, 1.807) is 34.9 Å². The van der Waals surface area contributed by atoms with E-state index in [1.165, 1.54) is 0 Å². The molecule has 0 amide bonds. The van der Waals surface area contributed by atoms with E-state index in [1.807, 2.05) is 6.92 Å². The molecule has 0 aliphatic rings. The number of nitriles is 1. The predicted molar refractivity (Wildman–Crippen MR) is 79.9 cm³/mol. The smallest absolute Gasteiger partial charge is 0.264 e. The fraction of sp³-hybridized carbons (Fsp3) is 0.214. The molecule has 110 valence electrons. The van der Waals surface area contributed by atoms with Crippen LogP contribution in [0.25, 0.3) is 5.69 Å². The average molecular weight is 325 g/mol. The van der Waals surface area contributed by atoms with Crippen LogP contribution >= 0.6 is 11.6 Å². The van der Waals surface area contributed by atoms with E-state index in [9.17, 15) is 8.42 Å². The lowest BCUT2D eigenvalue weighted by Gasteiger charge is -2.08. The number of rotatable bonds is 4. The Bertz CT molecular complexity index is 802. The minimum atomic E-state index is -3.47. The first-order valence-electron chi connectivity index (χ1n) is 6.03. The maximum Gasteiger partial charge on any atom is 0.264 e. The van der Waals surface area contributed by atoms with E-state index in [0.29, 0.717) is 16.4 Å². The molecule has 0 fully saturated rings. The highest BCUT2D eigenvalue weighted by molar-refractivity contribution is 7.85. The van der Waals surface area contributed by atoms with Crippen molar-refractivity contribution >= 4 is 21.7 Å². The quantitative estimate of drug-likeness (QED) is 0.811. The van der Waals surface area contributed by atoms with Gasteiger partial charge in [-0.25, -0.2) is 0 Å². The zero-order chi connectivity index (χ0) is 15.6. The van der Waals surface area contributed by atoms with Gasteiger partial charge in [-0.3, -0.25) is 8.75 Å². The van der Waals surface area contributed by atoms with Crippen LogP contribution in [-0.2, 0) is 20.9 Å². The molecule has 2 aromatic rings. The summed E-state index contributed by atoms with van der Waals surface area (Å²) in [5.41, 5.74) is 2.70. The van der Waals surface area contributed by atoms with Crippen molar-refractivity contribution in [1.82, 2.24) is 4.57 Å². The van der Waals surface area contributed by atoms with Gasteiger partial charge in [0.2, 0.25) is 0 Å². The van der Waals surface area contributed by atoms with Crippen LogP contribution in [0.3, 0.4) is 0 Å². The fourth-order valence-electron chi connectivity index (χ4n) is 1.86. The van der Waals surface area contributed by atoms with Gasteiger partial charge in [-0.15, -0.1) is 0 Å². The number of hydrogen-bond donors (Lipinski definition) is 0. The molecular formula is C14H13ClN2O3S. The fourth-order valence-corrected chi connectivity index (χ4v) is 2.46. The lowest BCUT2D eigenvalue weighted by atomic mass is 10.2. The minimum absolute atomic E-state index is 0.0251. The highest BCUT2D eigenvalue weighted by atomic mass is 35.5. The van der Waals surface area contributed by atoms with Crippen LogP contribution in [0.2, 0.25) is 5.15 Å². The van der Waals surface area contributed by atoms with Gasteiger partial charge in [0.1, 0.15) is 16.9 Å².